The second-order valence-corrected chi connectivity index (χ2v) is 11.0. The normalized spacial score (nSPS) is 10.8. The van der Waals surface area contributed by atoms with Crippen LogP contribution in [-0.4, -0.2) is 36.2 Å². The second kappa shape index (κ2) is 15.0. The van der Waals surface area contributed by atoms with E-state index in [2.05, 4.69) is 26.1 Å². The monoisotopic (exact) mass is 639 g/mol. The van der Waals surface area contributed by atoms with E-state index in [0.717, 1.165) is 27.6 Å². The average Bonchev–Trinajstić information content (AvgIpc) is 3.51. The smallest absolute Gasteiger partial charge is 0.271 e. The van der Waals surface area contributed by atoms with Gasteiger partial charge >= 0.3 is 0 Å². The fraction of sp³-hybridized carbons (Fsp3) is 0.118. The molecule has 0 fully saturated rings. The zero-order chi connectivity index (χ0) is 31.6. The summed E-state index contributed by atoms with van der Waals surface area (Å²) in [6, 6.07) is 27.4. The van der Waals surface area contributed by atoms with Crippen molar-refractivity contribution in [3.8, 4) is 22.8 Å². The van der Waals surface area contributed by atoms with Crippen LogP contribution >= 0.6 is 22.9 Å². The maximum absolute atomic E-state index is 12.7. The topological polar surface area (TPSA) is 114 Å². The van der Waals surface area contributed by atoms with Crippen LogP contribution in [0.15, 0.2) is 101 Å². The van der Waals surface area contributed by atoms with Gasteiger partial charge < -0.3 is 20.1 Å². The van der Waals surface area contributed by atoms with Gasteiger partial charge in [-0.05, 0) is 79.6 Å². The number of nitrogens with zero attached hydrogens (tertiary/aromatic N) is 2. The van der Waals surface area contributed by atoms with E-state index in [1.54, 1.807) is 42.5 Å². The molecule has 2 amide bonds. The Balaban J connectivity index is 1.14. The predicted octanol–water partition coefficient (Wildman–Crippen LogP) is 7.70. The first kappa shape index (κ1) is 31.2. The van der Waals surface area contributed by atoms with Crippen LogP contribution in [0.2, 0.25) is 5.02 Å². The number of nitrogens with one attached hydrogen (secondary N) is 3. The number of hydrogen-bond donors (Lipinski definition) is 3. The minimum Gasteiger partial charge on any atom is -0.490 e. The first-order valence-electron chi connectivity index (χ1n) is 14.0. The number of carbonyl (C=O) groups is 2. The molecule has 0 spiro atoms. The first-order valence-corrected chi connectivity index (χ1v) is 15.3. The summed E-state index contributed by atoms with van der Waals surface area (Å²) in [7, 11) is 0. The van der Waals surface area contributed by atoms with E-state index >= 15 is 0 Å². The molecule has 0 aliphatic rings. The lowest BCUT2D eigenvalue weighted by Gasteiger charge is -2.13. The van der Waals surface area contributed by atoms with Gasteiger partial charge in [-0.3, -0.25) is 9.59 Å². The van der Waals surface area contributed by atoms with Gasteiger partial charge in [0.05, 0.1) is 18.5 Å². The summed E-state index contributed by atoms with van der Waals surface area (Å²) in [5.74, 6) is 0.153. The van der Waals surface area contributed by atoms with Crippen molar-refractivity contribution in [3.63, 3.8) is 0 Å². The molecule has 9 nitrogen and oxygen atoms in total. The molecule has 0 saturated heterocycles. The zero-order valence-electron chi connectivity index (χ0n) is 24.5. The van der Waals surface area contributed by atoms with Crippen LogP contribution < -0.4 is 25.5 Å². The molecule has 1 heterocycles. The van der Waals surface area contributed by atoms with E-state index in [1.807, 2.05) is 67.8 Å². The molecule has 0 bridgehead atoms. The number of hydrogen-bond acceptors (Lipinski definition) is 8. The highest BCUT2D eigenvalue weighted by molar-refractivity contribution is 7.14. The van der Waals surface area contributed by atoms with Crippen LogP contribution in [0.1, 0.15) is 28.4 Å². The van der Waals surface area contributed by atoms with E-state index in [1.165, 1.54) is 17.6 Å². The summed E-state index contributed by atoms with van der Waals surface area (Å²) < 4.78 is 11.4. The molecule has 11 heteroatoms. The molecule has 4 aromatic carbocycles. The van der Waals surface area contributed by atoms with E-state index in [-0.39, 0.29) is 18.4 Å². The van der Waals surface area contributed by atoms with E-state index in [4.69, 9.17) is 21.1 Å². The number of rotatable bonds is 12. The van der Waals surface area contributed by atoms with Crippen LogP contribution in [0.25, 0.3) is 11.3 Å². The maximum atomic E-state index is 12.7. The Hall–Kier alpha value is -5.19. The van der Waals surface area contributed by atoms with E-state index < -0.39 is 0 Å². The molecule has 45 heavy (non-hydrogen) atoms. The highest BCUT2D eigenvalue weighted by atomic mass is 35.5. The molecule has 0 radical (unpaired) electrons. The molecule has 1 aromatic heterocycles. The van der Waals surface area contributed by atoms with Crippen molar-refractivity contribution in [3.05, 3.63) is 118 Å². The summed E-state index contributed by atoms with van der Waals surface area (Å²) >= 11 is 7.64. The largest absolute Gasteiger partial charge is 0.490 e. The highest BCUT2D eigenvalue weighted by Crippen LogP contribution is 2.29. The van der Waals surface area contributed by atoms with Crippen LogP contribution in [0.3, 0.4) is 0 Å². The molecule has 228 valence electrons. The number of benzene rings is 4. The van der Waals surface area contributed by atoms with Gasteiger partial charge in [-0.2, -0.15) is 5.10 Å². The number of halogens is 1. The predicted molar refractivity (Wildman–Crippen MR) is 180 cm³/mol. The Morgan fingerprint density at radius 3 is 2.49 bits per heavy atom. The Morgan fingerprint density at radius 2 is 1.73 bits per heavy atom. The van der Waals surface area contributed by atoms with Gasteiger partial charge in [-0.15, -0.1) is 11.3 Å². The van der Waals surface area contributed by atoms with Crippen molar-refractivity contribution in [2.75, 3.05) is 23.8 Å². The summed E-state index contributed by atoms with van der Waals surface area (Å²) in [5.41, 5.74) is 7.86. The molecule has 5 rings (SSSR count). The summed E-state index contributed by atoms with van der Waals surface area (Å²) in [6.07, 6.45) is 1.50. The van der Waals surface area contributed by atoms with Gasteiger partial charge in [-0.25, -0.2) is 10.4 Å². The van der Waals surface area contributed by atoms with Crippen molar-refractivity contribution >= 4 is 57.5 Å². The van der Waals surface area contributed by atoms with Crippen LogP contribution in [0.4, 0.5) is 16.5 Å². The van der Waals surface area contributed by atoms with Crippen LogP contribution in [0, 0.1) is 6.92 Å². The summed E-state index contributed by atoms with van der Waals surface area (Å²) in [4.78, 5) is 29.7. The molecule has 0 saturated carbocycles. The highest BCUT2D eigenvalue weighted by Gasteiger charge is 2.11. The van der Waals surface area contributed by atoms with E-state index in [0.29, 0.717) is 39.9 Å². The van der Waals surface area contributed by atoms with Gasteiger partial charge in [0.2, 0.25) is 0 Å². The minimum absolute atomic E-state index is 0.220. The lowest BCUT2D eigenvalue weighted by molar-refractivity contribution is -0.118. The maximum Gasteiger partial charge on any atom is 0.271 e. The lowest BCUT2D eigenvalue weighted by atomic mass is 10.1. The molecule has 5 aromatic rings. The van der Waals surface area contributed by atoms with Crippen molar-refractivity contribution in [1.82, 2.24) is 10.4 Å². The fourth-order valence-corrected chi connectivity index (χ4v) is 5.05. The molecule has 0 atom stereocenters. The van der Waals surface area contributed by atoms with Gasteiger partial charge in [0.1, 0.15) is 0 Å². The Labute approximate surface area is 269 Å². The lowest BCUT2D eigenvalue weighted by Crippen LogP contribution is -2.20. The van der Waals surface area contributed by atoms with Gasteiger partial charge in [0, 0.05) is 32.9 Å². The standard InChI is InChI=1S/C34H30ClN5O4S/c1-3-43-31-17-23(10-16-30(31)44-20-32(41)37-27-15-9-22(2)28(35)18-27)19-36-40-33(42)25-13-11-24(12-14-25)29-21-45-34(39-29)38-26-7-5-4-6-8-26/h4-19,21H,3,20H2,1-2H3,(H,37,41)(H,38,39)(H,40,42)/b36-19+. The van der Waals surface area contributed by atoms with Crippen molar-refractivity contribution in [2.24, 2.45) is 5.10 Å². The Bertz CT molecular complexity index is 1810. The number of carbonyl (C=O) groups excluding carboxylic acids is 2. The van der Waals surface area contributed by atoms with E-state index in [9.17, 15) is 9.59 Å². The summed E-state index contributed by atoms with van der Waals surface area (Å²) in [5, 5.41) is 13.5. The molecule has 0 aliphatic heterocycles. The number of amides is 2. The minimum atomic E-state index is -0.353. The third-order valence-electron chi connectivity index (χ3n) is 6.43. The number of thiazole rings is 1. The Kier molecular flexibility index (Phi) is 10.4. The number of aromatic nitrogens is 1. The molecule has 3 N–H and O–H groups in total. The third-order valence-corrected chi connectivity index (χ3v) is 7.60. The second-order valence-electron chi connectivity index (χ2n) is 9.75. The average molecular weight is 640 g/mol. The van der Waals surface area contributed by atoms with Gasteiger partial charge in [-0.1, -0.05) is 48.0 Å². The van der Waals surface area contributed by atoms with Crippen LogP contribution in [-0.2, 0) is 4.79 Å². The van der Waals surface area contributed by atoms with Crippen molar-refractivity contribution < 1.29 is 19.1 Å². The third kappa shape index (κ3) is 8.69. The number of para-hydroxylation sites is 1. The molecular weight excluding hydrogens is 610 g/mol. The van der Waals surface area contributed by atoms with Crippen LogP contribution in [0.5, 0.6) is 11.5 Å². The van der Waals surface area contributed by atoms with Gasteiger partial charge in [0.25, 0.3) is 11.8 Å². The number of ether oxygens (including phenoxy) is 2. The fourth-order valence-electron chi connectivity index (χ4n) is 4.13. The molecule has 0 aliphatic carbocycles. The number of hydrazone groups is 1. The number of anilines is 3. The first-order chi connectivity index (χ1) is 21.9. The SMILES string of the molecule is CCOc1cc(/C=N/NC(=O)c2ccc(-c3csc(Nc4ccccc4)n3)cc2)ccc1OCC(=O)Nc1ccc(C)c(Cl)c1. The number of aryl methyl sites for hydroxylation is 1. The zero-order valence-corrected chi connectivity index (χ0v) is 26.1. The van der Waals surface area contributed by atoms with Crippen molar-refractivity contribution in [1.29, 1.82) is 0 Å². The Morgan fingerprint density at radius 1 is 0.933 bits per heavy atom. The summed E-state index contributed by atoms with van der Waals surface area (Å²) in [6.45, 7) is 3.91. The van der Waals surface area contributed by atoms with Crippen molar-refractivity contribution in [2.45, 2.75) is 13.8 Å². The molecule has 0 unspecified atom stereocenters. The quantitative estimate of drug-likeness (QED) is 0.0952. The van der Waals surface area contributed by atoms with Gasteiger partial charge in [0.15, 0.2) is 23.2 Å². The molecular formula is C34H30ClN5O4S.